The largest absolute Gasteiger partial charge is 0.456 e. The highest BCUT2D eigenvalue weighted by Crippen LogP contribution is 2.51. The van der Waals surface area contributed by atoms with E-state index in [1.165, 1.54) is 10.8 Å². The van der Waals surface area contributed by atoms with E-state index in [0.717, 1.165) is 90.9 Å². The molecule has 2 aliphatic heterocycles. The maximum absolute atomic E-state index is 7.05. The molecule has 8 aromatic rings. The molecule has 242 valence electrons. The van der Waals surface area contributed by atoms with Crippen LogP contribution in [0.2, 0.25) is 0 Å². The minimum absolute atomic E-state index is 0.754. The van der Waals surface area contributed by atoms with Crippen LogP contribution < -0.4 is 14.8 Å². The molecule has 10 rings (SSSR count). The van der Waals surface area contributed by atoms with Crippen molar-refractivity contribution in [2.45, 2.75) is 0 Å². The first-order valence-corrected chi connectivity index (χ1v) is 17.3. The van der Waals surface area contributed by atoms with Gasteiger partial charge in [0.15, 0.2) is 0 Å². The van der Waals surface area contributed by atoms with E-state index < -0.39 is 0 Å². The van der Waals surface area contributed by atoms with Crippen molar-refractivity contribution in [1.82, 2.24) is 9.88 Å². The summed E-state index contributed by atoms with van der Waals surface area (Å²) in [5.41, 5.74) is 11.5. The lowest BCUT2D eigenvalue weighted by atomic mass is 9.90. The summed E-state index contributed by atoms with van der Waals surface area (Å²) in [5.74, 6) is 3.05. The van der Waals surface area contributed by atoms with Crippen LogP contribution in [0.25, 0.3) is 66.6 Å². The first-order valence-electron chi connectivity index (χ1n) is 17.3. The zero-order valence-electron chi connectivity index (χ0n) is 27.7. The number of aromatic nitrogens is 1. The molecule has 3 heterocycles. The van der Waals surface area contributed by atoms with Crippen LogP contribution in [0.1, 0.15) is 5.56 Å². The number of allylic oxidation sites excluding steroid dienone is 2. The first kappa shape index (κ1) is 29.2. The number of benzene rings is 7. The number of rotatable bonds is 3. The Morgan fingerprint density at radius 1 is 0.490 bits per heavy atom. The lowest BCUT2D eigenvalue weighted by molar-refractivity contribution is 0.472. The van der Waals surface area contributed by atoms with E-state index in [2.05, 4.69) is 149 Å². The van der Waals surface area contributed by atoms with Crippen molar-refractivity contribution >= 4 is 27.5 Å². The number of hydrogen-bond acceptors (Lipinski definition) is 3. The Kier molecular flexibility index (Phi) is 6.85. The SMILES string of the molecule is C1=CCNC(c2ccc3c(c2)Oc2ccccc2-c2ccccc2Oc2cccc(-c4cccc5c6ccccc6n(-c6ccccc6)c45)c2-3)=C1. The molecule has 0 saturated carbocycles. The normalized spacial score (nSPS) is 13.1. The van der Waals surface area contributed by atoms with Crippen LogP contribution in [-0.2, 0) is 0 Å². The first-order chi connectivity index (χ1) is 25.3. The molecule has 0 bridgehead atoms. The molecule has 2 aliphatic rings. The number of nitrogens with zero attached hydrogens (tertiary/aromatic N) is 1. The van der Waals surface area contributed by atoms with Crippen LogP contribution in [-0.4, -0.2) is 11.1 Å². The minimum atomic E-state index is 0.754. The van der Waals surface area contributed by atoms with Crippen molar-refractivity contribution < 1.29 is 9.47 Å². The summed E-state index contributed by atoms with van der Waals surface area (Å²) in [6, 6.07) is 55.2. The van der Waals surface area contributed by atoms with Gasteiger partial charge in [0.05, 0.1) is 11.0 Å². The third-order valence-corrected chi connectivity index (χ3v) is 9.90. The van der Waals surface area contributed by atoms with Gasteiger partial charge in [-0.3, -0.25) is 0 Å². The van der Waals surface area contributed by atoms with Gasteiger partial charge >= 0.3 is 0 Å². The van der Waals surface area contributed by atoms with Crippen LogP contribution in [0.4, 0.5) is 0 Å². The van der Waals surface area contributed by atoms with Crippen LogP contribution in [0.3, 0.4) is 0 Å². The van der Waals surface area contributed by atoms with E-state index in [4.69, 9.17) is 9.47 Å². The molecule has 4 nitrogen and oxygen atoms in total. The lowest BCUT2D eigenvalue weighted by Gasteiger charge is -2.24. The number of ether oxygens (including phenoxy) is 2. The van der Waals surface area contributed by atoms with E-state index in [1.807, 2.05) is 36.4 Å². The average Bonchev–Trinajstić information content (AvgIpc) is 3.54. The number of para-hydroxylation sites is 5. The molecule has 4 heteroatoms. The second-order valence-corrected chi connectivity index (χ2v) is 12.9. The Balaban J connectivity index is 1.30. The van der Waals surface area contributed by atoms with Crippen molar-refractivity contribution in [3.05, 3.63) is 182 Å². The zero-order chi connectivity index (χ0) is 33.7. The maximum Gasteiger partial charge on any atom is 0.136 e. The topological polar surface area (TPSA) is 35.4 Å². The molecule has 1 aromatic heterocycles. The summed E-state index contributed by atoms with van der Waals surface area (Å²) in [4.78, 5) is 0. The van der Waals surface area contributed by atoms with Gasteiger partial charge in [-0.15, -0.1) is 0 Å². The summed E-state index contributed by atoms with van der Waals surface area (Å²) < 4.78 is 16.5. The van der Waals surface area contributed by atoms with Gasteiger partial charge in [-0.1, -0.05) is 121 Å². The quantitative estimate of drug-likeness (QED) is 0.206. The van der Waals surface area contributed by atoms with Gasteiger partial charge in [0.25, 0.3) is 0 Å². The molecule has 0 spiro atoms. The Morgan fingerprint density at radius 3 is 1.94 bits per heavy atom. The van der Waals surface area contributed by atoms with E-state index in [-0.39, 0.29) is 0 Å². The highest BCUT2D eigenvalue weighted by molar-refractivity contribution is 6.15. The van der Waals surface area contributed by atoms with Gasteiger partial charge < -0.3 is 19.4 Å². The molecular formula is C47H32N2O2. The summed E-state index contributed by atoms with van der Waals surface area (Å²) in [6.07, 6.45) is 6.32. The Morgan fingerprint density at radius 2 is 1.14 bits per heavy atom. The molecule has 0 amide bonds. The van der Waals surface area contributed by atoms with Crippen molar-refractivity contribution in [3.63, 3.8) is 0 Å². The highest BCUT2D eigenvalue weighted by Gasteiger charge is 2.25. The second-order valence-electron chi connectivity index (χ2n) is 12.9. The smallest absolute Gasteiger partial charge is 0.136 e. The van der Waals surface area contributed by atoms with E-state index >= 15 is 0 Å². The molecule has 7 aromatic carbocycles. The highest BCUT2D eigenvalue weighted by atomic mass is 16.5. The Labute approximate surface area is 296 Å². The molecule has 0 unspecified atom stereocenters. The van der Waals surface area contributed by atoms with Crippen LogP contribution in [0.15, 0.2) is 176 Å². The summed E-state index contributed by atoms with van der Waals surface area (Å²) >= 11 is 0. The predicted octanol–water partition coefficient (Wildman–Crippen LogP) is 12.2. The van der Waals surface area contributed by atoms with Crippen LogP contribution in [0.5, 0.6) is 23.0 Å². The predicted molar refractivity (Wildman–Crippen MR) is 209 cm³/mol. The fraction of sp³-hybridized carbons (Fsp3) is 0.0213. The second kappa shape index (κ2) is 12.0. The average molecular weight is 657 g/mol. The maximum atomic E-state index is 7.05. The number of nitrogens with one attached hydrogen (secondary N) is 1. The van der Waals surface area contributed by atoms with E-state index in [9.17, 15) is 0 Å². The molecule has 0 atom stereocenters. The fourth-order valence-corrected chi connectivity index (χ4v) is 7.63. The van der Waals surface area contributed by atoms with Gasteiger partial charge in [-0.25, -0.2) is 0 Å². The van der Waals surface area contributed by atoms with Crippen LogP contribution >= 0.6 is 0 Å². The number of fused-ring (bicyclic) bond motifs is 9. The summed E-state index contributed by atoms with van der Waals surface area (Å²) in [5, 5.41) is 5.93. The Hall–Kier alpha value is -6.78. The van der Waals surface area contributed by atoms with Gasteiger partial charge in [0.2, 0.25) is 0 Å². The minimum Gasteiger partial charge on any atom is -0.456 e. The summed E-state index contributed by atoms with van der Waals surface area (Å²) in [7, 11) is 0. The molecule has 0 aliphatic carbocycles. The number of dihydropyridines is 1. The molecular weight excluding hydrogens is 625 g/mol. The van der Waals surface area contributed by atoms with E-state index in [0.29, 0.717) is 0 Å². The van der Waals surface area contributed by atoms with Crippen molar-refractivity contribution in [1.29, 1.82) is 0 Å². The molecule has 0 fully saturated rings. The molecule has 1 N–H and O–H groups in total. The lowest BCUT2D eigenvalue weighted by Crippen LogP contribution is -2.14. The fourth-order valence-electron chi connectivity index (χ4n) is 7.63. The van der Waals surface area contributed by atoms with Gasteiger partial charge in [-0.05, 0) is 60.2 Å². The Bertz CT molecular complexity index is 2700. The third-order valence-electron chi connectivity index (χ3n) is 9.90. The van der Waals surface area contributed by atoms with Crippen molar-refractivity contribution in [2.24, 2.45) is 0 Å². The molecule has 0 radical (unpaired) electrons. The van der Waals surface area contributed by atoms with Gasteiger partial charge in [0, 0.05) is 62.1 Å². The summed E-state index contributed by atoms with van der Waals surface area (Å²) in [6.45, 7) is 0.781. The molecule has 0 saturated heterocycles. The van der Waals surface area contributed by atoms with Gasteiger partial charge in [0.1, 0.15) is 23.0 Å². The van der Waals surface area contributed by atoms with Crippen molar-refractivity contribution in [3.8, 4) is 62.1 Å². The number of hydrogen-bond donors (Lipinski definition) is 1. The third kappa shape index (κ3) is 4.84. The van der Waals surface area contributed by atoms with Crippen LogP contribution in [0, 0.1) is 0 Å². The van der Waals surface area contributed by atoms with Crippen molar-refractivity contribution in [2.75, 3.05) is 6.54 Å². The van der Waals surface area contributed by atoms with Gasteiger partial charge in [-0.2, -0.15) is 0 Å². The standard InChI is InChI=1S/C47H32N2O2/c1-2-14-32(15-3-1)49-41-23-7-4-16-33(41)37-20-12-21-38(47(37)49)36-19-13-26-44-46(36)39-28-27-31(40-22-10-11-29-48-40)30-45(39)51-43-25-9-6-18-35(43)34-17-5-8-24-42(34)50-44/h1-28,30,48H,29H2. The van der Waals surface area contributed by atoms with E-state index in [1.54, 1.807) is 0 Å². The monoisotopic (exact) mass is 656 g/mol. The zero-order valence-corrected chi connectivity index (χ0v) is 27.7. The molecule has 51 heavy (non-hydrogen) atoms.